The summed E-state index contributed by atoms with van der Waals surface area (Å²) in [5, 5.41) is 0. The predicted molar refractivity (Wildman–Crippen MR) is 163 cm³/mol. The van der Waals surface area contributed by atoms with Gasteiger partial charge in [0.1, 0.15) is 0 Å². The van der Waals surface area contributed by atoms with Crippen LogP contribution in [0.25, 0.3) is 0 Å². The van der Waals surface area contributed by atoms with Crippen LogP contribution in [0.5, 0.6) is 0 Å². The molecule has 212 valence electrons. The standard InChI is InChI=1S/C34H71N/c1-6-7-30-35(31-26-22-18-14-10-8-12-16-20-24-28-33(2)3)32-27-23-19-15-11-9-13-17-21-25-29-34(4)5/h33-34H,6-32H2,1-5H3. The van der Waals surface area contributed by atoms with Gasteiger partial charge in [0.25, 0.3) is 0 Å². The maximum atomic E-state index is 2.79. The largest absolute Gasteiger partial charge is 0.303 e. The van der Waals surface area contributed by atoms with Crippen molar-refractivity contribution in [3.05, 3.63) is 0 Å². The van der Waals surface area contributed by atoms with Crippen molar-refractivity contribution in [1.29, 1.82) is 0 Å². The second-order valence-corrected chi connectivity index (χ2v) is 12.6. The fraction of sp³-hybridized carbons (Fsp3) is 1.00. The van der Waals surface area contributed by atoms with Gasteiger partial charge >= 0.3 is 0 Å². The second-order valence-electron chi connectivity index (χ2n) is 12.6. The molecule has 0 heterocycles. The van der Waals surface area contributed by atoms with Gasteiger partial charge in [-0.3, -0.25) is 0 Å². The molecule has 0 saturated carbocycles. The lowest BCUT2D eigenvalue weighted by molar-refractivity contribution is 0.256. The zero-order valence-electron chi connectivity index (χ0n) is 25.7. The van der Waals surface area contributed by atoms with E-state index in [4.69, 9.17) is 0 Å². The van der Waals surface area contributed by atoms with E-state index in [1.54, 1.807) is 0 Å². The average Bonchev–Trinajstić information content (AvgIpc) is 2.82. The van der Waals surface area contributed by atoms with Crippen LogP contribution >= 0.6 is 0 Å². The van der Waals surface area contributed by atoms with E-state index in [0.717, 1.165) is 11.8 Å². The van der Waals surface area contributed by atoms with Crippen LogP contribution in [0.1, 0.15) is 189 Å². The minimum Gasteiger partial charge on any atom is -0.303 e. The van der Waals surface area contributed by atoms with E-state index in [1.807, 2.05) is 0 Å². The molecular formula is C34H71N. The number of unbranched alkanes of at least 4 members (excludes halogenated alkanes) is 19. The first-order valence-electron chi connectivity index (χ1n) is 16.8. The van der Waals surface area contributed by atoms with Crippen LogP contribution in [-0.4, -0.2) is 24.5 Å². The molecule has 0 fully saturated rings. The minimum atomic E-state index is 0.891. The van der Waals surface area contributed by atoms with E-state index >= 15 is 0 Å². The third-order valence-corrected chi connectivity index (χ3v) is 7.84. The SMILES string of the molecule is CCCCN(CCCCCCCCCCCCC(C)C)CCCCCCCCCCCCC(C)C. The summed E-state index contributed by atoms with van der Waals surface area (Å²) in [6.07, 6.45) is 34.8. The fourth-order valence-corrected chi connectivity index (χ4v) is 5.32. The zero-order valence-corrected chi connectivity index (χ0v) is 25.7. The van der Waals surface area contributed by atoms with Gasteiger partial charge in [0, 0.05) is 0 Å². The third kappa shape index (κ3) is 30.1. The molecule has 0 aromatic heterocycles. The maximum Gasteiger partial charge on any atom is -0.00187 e. The van der Waals surface area contributed by atoms with Crippen molar-refractivity contribution in [1.82, 2.24) is 4.90 Å². The van der Waals surface area contributed by atoms with Crippen LogP contribution in [0.4, 0.5) is 0 Å². The number of nitrogens with zero attached hydrogens (tertiary/aromatic N) is 1. The molecule has 35 heavy (non-hydrogen) atoms. The third-order valence-electron chi connectivity index (χ3n) is 7.84. The molecule has 0 radical (unpaired) electrons. The zero-order chi connectivity index (χ0) is 25.8. The molecule has 0 aromatic rings. The van der Waals surface area contributed by atoms with Crippen LogP contribution in [0.15, 0.2) is 0 Å². The normalized spacial score (nSPS) is 12.0. The Morgan fingerprint density at radius 1 is 0.343 bits per heavy atom. The van der Waals surface area contributed by atoms with Crippen LogP contribution in [0.3, 0.4) is 0 Å². The first-order valence-corrected chi connectivity index (χ1v) is 16.8. The van der Waals surface area contributed by atoms with Crippen LogP contribution in [0, 0.1) is 11.8 Å². The second kappa shape index (κ2) is 28.5. The fourth-order valence-electron chi connectivity index (χ4n) is 5.32. The van der Waals surface area contributed by atoms with Crippen molar-refractivity contribution in [2.45, 2.75) is 189 Å². The maximum absolute atomic E-state index is 2.79. The molecule has 0 aliphatic heterocycles. The van der Waals surface area contributed by atoms with Crippen molar-refractivity contribution >= 4 is 0 Å². The number of hydrogen-bond acceptors (Lipinski definition) is 1. The molecule has 0 aromatic carbocycles. The van der Waals surface area contributed by atoms with Gasteiger partial charge in [-0.25, -0.2) is 0 Å². The van der Waals surface area contributed by atoms with Crippen molar-refractivity contribution in [2.75, 3.05) is 19.6 Å². The van der Waals surface area contributed by atoms with E-state index in [0.29, 0.717) is 0 Å². The Hall–Kier alpha value is -0.0400. The van der Waals surface area contributed by atoms with Gasteiger partial charge in [0.2, 0.25) is 0 Å². The summed E-state index contributed by atoms with van der Waals surface area (Å²) >= 11 is 0. The molecule has 0 amide bonds. The summed E-state index contributed by atoms with van der Waals surface area (Å²) in [7, 11) is 0. The lowest BCUT2D eigenvalue weighted by Gasteiger charge is -2.22. The highest BCUT2D eigenvalue weighted by Crippen LogP contribution is 2.15. The van der Waals surface area contributed by atoms with Crippen molar-refractivity contribution in [2.24, 2.45) is 11.8 Å². The van der Waals surface area contributed by atoms with Crippen molar-refractivity contribution in [3.8, 4) is 0 Å². The molecule has 0 saturated heterocycles. The first-order chi connectivity index (χ1) is 17.1. The molecule has 0 rings (SSSR count). The highest BCUT2D eigenvalue weighted by molar-refractivity contribution is 4.60. The molecule has 0 atom stereocenters. The molecule has 0 aliphatic carbocycles. The van der Waals surface area contributed by atoms with E-state index in [2.05, 4.69) is 39.5 Å². The van der Waals surface area contributed by atoms with Crippen LogP contribution in [0.2, 0.25) is 0 Å². The summed E-state index contributed by atoms with van der Waals surface area (Å²) in [6, 6.07) is 0. The van der Waals surface area contributed by atoms with E-state index < -0.39 is 0 Å². The van der Waals surface area contributed by atoms with Crippen LogP contribution < -0.4 is 0 Å². The summed E-state index contributed by atoms with van der Waals surface area (Å²) < 4.78 is 0. The summed E-state index contributed by atoms with van der Waals surface area (Å²) in [5.74, 6) is 1.78. The lowest BCUT2D eigenvalue weighted by Crippen LogP contribution is -2.27. The monoisotopic (exact) mass is 494 g/mol. The minimum absolute atomic E-state index is 0.891. The molecular weight excluding hydrogens is 422 g/mol. The van der Waals surface area contributed by atoms with Gasteiger partial charge in [0.15, 0.2) is 0 Å². The average molecular weight is 494 g/mol. The Bertz CT molecular complexity index is 343. The van der Waals surface area contributed by atoms with Crippen LogP contribution in [-0.2, 0) is 0 Å². The first kappa shape index (κ1) is 35.0. The van der Waals surface area contributed by atoms with E-state index in [1.165, 1.54) is 174 Å². The summed E-state index contributed by atoms with van der Waals surface area (Å²) in [6.45, 7) is 15.8. The molecule has 1 heteroatoms. The summed E-state index contributed by atoms with van der Waals surface area (Å²) in [4.78, 5) is 2.79. The molecule has 0 aliphatic rings. The molecule has 0 N–H and O–H groups in total. The van der Waals surface area contributed by atoms with Gasteiger partial charge < -0.3 is 4.90 Å². The van der Waals surface area contributed by atoms with Crippen molar-refractivity contribution < 1.29 is 0 Å². The number of rotatable bonds is 29. The molecule has 0 spiro atoms. The quantitative estimate of drug-likeness (QED) is 0.0936. The Kier molecular flexibility index (Phi) is 28.5. The Labute approximate surface area is 225 Å². The summed E-state index contributed by atoms with van der Waals surface area (Å²) in [5.41, 5.74) is 0. The van der Waals surface area contributed by atoms with Gasteiger partial charge in [-0.05, 0) is 50.7 Å². The van der Waals surface area contributed by atoms with E-state index in [-0.39, 0.29) is 0 Å². The smallest absolute Gasteiger partial charge is 0.00187 e. The van der Waals surface area contributed by atoms with Gasteiger partial charge in [-0.2, -0.15) is 0 Å². The predicted octanol–water partition coefficient (Wildman–Crippen LogP) is 12.0. The molecule has 1 nitrogen and oxygen atoms in total. The lowest BCUT2D eigenvalue weighted by atomic mass is 10.0. The van der Waals surface area contributed by atoms with E-state index in [9.17, 15) is 0 Å². The topological polar surface area (TPSA) is 3.24 Å². The number of hydrogen-bond donors (Lipinski definition) is 0. The highest BCUT2D eigenvalue weighted by Gasteiger charge is 2.04. The Balaban J connectivity index is 3.51. The molecule has 0 bridgehead atoms. The van der Waals surface area contributed by atoms with Gasteiger partial charge in [-0.1, -0.05) is 169 Å². The van der Waals surface area contributed by atoms with Gasteiger partial charge in [-0.15, -0.1) is 0 Å². The molecule has 0 unspecified atom stereocenters. The van der Waals surface area contributed by atoms with Gasteiger partial charge in [0.05, 0.1) is 0 Å². The van der Waals surface area contributed by atoms with Crippen molar-refractivity contribution in [3.63, 3.8) is 0 Å². The highest BCUT2D eigenvalue weighted by atomic mass is 15.1. The Morgan fingerprint density at radius 2 is 0.600 bits per heavy atom. The Morgan fingerprint density at radius 3 is 0.886 bits per heavy atom.